The van der Waals surface area contributed by atoms with Gasteiger partial charge in [-0.25, -0.2) is 19.6 Å². The van der Waals surface area contributed by atoms with Crippen LogP contribution in [0.15, 0.2) is 131 Å². The Labute approximate surface area is 467 Å². The van der Waals surface area contributed by atoms with E-state index in [-0.39, 0.29) is 41.5 Å². The van der Waals surface area contributed by atoms with Crippen molar-refractivity contribution in [2.45, 2.75) is 78.5 Å². The van der Waals surface area contributed by atoms with Crippen molar-refractivity contribution < 1.29 is 33.5 Å². The van der Waals surface area contributed by atoms with Gasteiger partial charge in [0.1, 0.15) is 5.60 Å². The molecule has 6 heterocycles. The molecule has 2 aliphatic heterocycles. The van der Waals surface area contributed by atoms with Crippen LogP contribution in [0.3, 0.4) is 0 Å². The number of nitrogens with two attached hydrogens (primary N) is 1. The van der Waals surface area contributed by atoms with Crippen LogP contribution < -0.4 is 27.5 Å². The molecule has 2 saturated heterocycles. The second-order valence-electron chi connectivity index (χ2n) is 20.8. The maximum absolute atomic E-state index is 13.0. The molecule has 0 bridgehead atoms. The average molecular weight is 1100 g/mol. The highest BCUT2D eigenvalue weighted by atomic mass is 16.7. The maximum atomic E-state index is 13.0. The Morgan fingerprint density at radius 1 is 0.667 bits per heavy atom. The van der Waals surface area contributed by atoms with Gasteiger partial charge in [-0.2, -0.15) is 0 Å². The van der Waals surface area contributed by atoms with Gasteiger partial charge in [0, 0.05) is 100 Å². The van der Waals surface area contributed by atoms with Gasteiger partial charge in [-0.05, 0) is 93.2 Å². The molecule has 0 aliphatic carbocycles. The van der Waals surface area contributed by atoms with E-state index in [1.807, 2.05) is 115 Å². The summed E-state index contributed by atoms with van der Waals surface area (Å²) in [5, 5.41) is 7.12. The van der Waals surface area contributed by atoms with Crippen molar-refractivity contribution in [3.8, 4) is 44.8 Å². The molecule has 0 spiro atoms. The van der Waals surface area contributed by atoms with E-state index in [9.17, 15) is 33.6 Å². The van der Waals surface area contributed by atoms with E-state index in [4.69, 9.17) is 15.3 Å². The van der Waals surface area contributed by atoms with Crippen molar-refractivity contribution in [2.75, 3.05) is 45.8 Å². The molecule has 6 N–H and O–H groups in total. The molecule has 81 heavy (non-hydrogen) atoms. The summed E-state index contributed by atoms with van der Waals surface area (Å²) in [5.41, 5.74) is 12.7. The van der Waals surface area contributed by atoms with E-state index >= 15 is 0 Å². The van der Waals surface area contributed by atoms with E-state index in [1.165, 1.54) is 12.1 Å². The standard InChI is InChI=1S/C33H35N5O7.C27H31N7O2/c1-5-6-17-36(32(43)44-33(2,3)4)18-21-7-9-22(10-8-21)25-19-37-20-26(34-31(37)35-29(25)41)23-11-13-24(14-12-23)30(42)45-38-27(39)15-16-28(38)40;28-10-1-11-30-16-19-2-4-20(5-3-19)23-17-34-18-24(31-27(34)32-25(23)35)21-6-8-22(9-7-21)26(36)33-14-12-29-13-15-33/h7-14,19-20H,5-6,15-18H2,1-4H3,(H,34,35,41);2-9,17-18,29-30H,1,10-16,28H2,(H,31,32,35). The van der Waals surface area contributed by atoms with Gasteiger partial charge in [-0.3, -0.25) is 42.7 Å². The van der Waals surface area contributed by atoms with Gasteiger partial charge in [0.2, 0.25) is 11.6 Å². The third-order valence-corrected chi connectivity index (χ3v) is 13.6. The number of imide groups is 1. The molecular weight excluding hydrogens is 1030 g/mol. The highest BCUT2D eigenvalue weighted by Crippen LogP contribution is 2.25. The number of imidazole rings is 2. The number of aromatic amines is 2. The normalized spacial score (nSPS) is 13.6. The summed E-state index contributed by atoms with van der Waals surface area (Å²) in [7, 11) is 0. The van der Waals surface area contributed by atoms with Crippen LogP contribution >= 0.6 is 0 Å². The molecule has 2 aliphatic rings. The second kappa shape index (κ2) is 25.4. The number of H-pyrrole nitrogens is 2. The van der Waals surface area contributed by atoms with E-state index in [1.54, 1.807) is 33.8 Å². The topological polar surface area (TPSA) is 264 Å². The molecule has 21 heteroatoms. The summed E-state index contributed by atoms with van der Waals surface area (Å²) in [4.78, 5) is 111. The van der Waals surface area contributed by atoms with E-state index in [0.29, 0.717) is 69.8 Å². The van der Waals surface area contributed by atoms with Crippen LogP contribution in [0.1, 0.15) is 91.6 Å². The third-order valence-electron chi connectivity index (χ3n) is 13.6. The summed E-state index contributed by atoms with van der Waals surface area (Å²) in [6.45, 7) is 14.0. The Kier molecular flexibility index (Phi) is 17.8. The Morgan fingerprint density at radius 2 is 1.17 bits per heavy atom. The zero-order chi connectivity index (χ0) is 57.2. The number of ether oxygens (including phenoxy) is 1. The minimum Gasteiger partial charge on any atom is -0.444 e. The number of hydrogen-bond donors (Lipinski definition) is 5. The third kappa shape index (κ3) is 14.0. The van der Waals surface area contributed by atoms with Gasteiger partial charge in [0.15, 0.2) is 0 Å². The minimum absolute atomic E-state index is 0.0156. The zero-order valence-electron chi connectivity index (χ0n) is 45.8. The smallest absolute Gasteiger partial charge is 0.410 e. The molecule has 8 aromatic rings. The number of aromatic nitrogens is 6. The number of fused-ring (bicyclic) bond motifs is 2. The van der Waals surface area contributed by atoms with Gasteiger partial charge >= 0.3 is 12.1 Å². The monoisotopic (exact) mass is 1100 g/mol. The van der Waals surface area contributed by atoms with Crippen LogP contribution in [0.5, 0.6) is 0 Å². The van der Waals surface area contributed by atoms with Gasteiger partial charge in [-0.1, -0.05) is 86.1 Å². The Bertz CT molecular complexity index is 3650. The number of unbranched alkanes of at least 4 members (excludes halogenated alkanes) is 1. The number of amides is 4. The van der Waals surface area contributed by atoms with Crippen molar-refractivity contribution >= 4 is 41.3 Å². The predicted molar refractivity (Wildman–Crippen MR) is 306 cm³/mol. The van der Waals surface area contributed by atoms with Gasteiger partial charge < -0.3 is 35.7 Å². The number of carbonyl (C=O) groups excluding carboxylic acids is 5. The number of piperazine rings is 1. The average Bonchev–Trinajstić information content (AvgIpc) is 4.40. The molecule has 420 valence electrons. The van der Waals surface area contributed by atoms with Crippen LogP contribution in [0.25, 0.3) is 56.3 Å². The van der Waals surface area contributed by atoms with Crippen LogP contribution in [0.2, 0.25) is 0 Å². The highest BCUT2D eigenvalue weighted by molar-refractivity contribution is 6.03. The number of hydroxylamine groups is 2. The number of nitrogens with one attached hydrogen (secondary N) is 4. The number of benzene rings is 4. The fraction of sp³-hybridized carbons (Fsp3) is 0.317. The molecule has 4 aromatic carbocycles. The summed E-state index contributed by atoms with van der Waals surface area (Å²) >= 11 is 0. The lowest BCUT2D eigenvalue weighted by atomic mass is 10.1. The fourth-order valence-electron chi connectivity index (χ4n) is 9.18. The van der Waals surface area contributed by atoms with E-state index in [2.05, 4.69) is 37.5 Å². The van der Waals surface area contributed by atoms with Crippen molar-refractivity contribution in [3.05, 3.63) is 165 Å². The Morgan fingerprint density at radius 3 is 1.68 bits per heavy atom. The summed E-state index contributed by atoms with van der Waals surface area (Å²) < 4.78 is 9.13. The molecular formula is C60H66N12O9. The fourth-order valence-corrected chi connectivity index (χ4v) is 9.18. The molecule has 0 saturated carbocycles. The second-order valence-corrected chi connectivity index (χ2v) is 20.8. The van der Waals surface area contributed by atoms with Gasteiger partial charge in [-0.15, -0.1) is 5.06 Å². The Hall–Kier alpha value is -9.05. The van der Waals surface area contributed by atoms with Crippen LogP contribution in [0.4, 0.5) is 4.79 Å². The van der Waals surface area contributed by atoms with E-state index in [0.717, 1.165) is 86.5 Å². The number of hydrogen-bond acceptors (Lipinski definition) is 14. The first-order valence-corrected chi connectivity index (χ1v) is 27.1. The first kappa shape index (κ1) is 56.7. The number of rotatable bonds is 17. The number of nitrogens with zero attached hydrogens (tertiary/aromatic N) is 7. The maximum Gasteiger partial charge on any atom is 0.410 e. The minimum atomic E-state index is -0.821. The first-order valence-electron chi connectivity index (χ1n) is 27.1. The lowest BCUT2D eigenvalue weighted by Crippen LogP contribution is -2.46. The predicted octanol–water partition coefficient (Wildman–Crippen LogP) is 6.96. The molecule has 0 radical (unpaired) electrons. The molecule has 4 aromatic heterocycles. The summed E-state index contributed by atoms with van der Waals surface area (Å²) in [5.74, 6) is -1.06. The summed E-state index contributed by atoms with van der Waals surface area (Å²) in [6, 6.07) is 29.3. The zero-order valence-corrected chi connectivity index (χ0v) is 45.8. The number of carbonyl (C=O) groups is 5. The SMILES string of the molecule is CCCCN(Cc1ccc(-c2cn3cc(-c4ccc(C(=O)ON5C(=O)CCC5=O)cc4)nc3[nH]c2=O)cc1)C(=O)OC(C)(C)C.NCCCNCc1ccc(-c2cn3cc(-c4ccc(C(=O)N5CCNCC5)cc4)nc3[nH]c2=O)cc1. The molecule has 0 atom stereocenters. The van der Waals surface area contributed by atoms with Crippen molar-refractivity contribution in [3.63, 3.8) is 0 Å². The highest BCUT2D eigenvalue weighted by Gasteiger charge is 2.33. The Balaban J connectivity index is 0.000000200. The van der Waals surface area contributed by atoms with Crippen molar-refractivity contribution in [2.24, 2.45) is 5.73 Å². The van der Waals surface area contributed by atoms with Gasteiger partial charge in [0.05, 0.1) is 28.1 Å². The summed E-state index contributed by atoms with van der Waals surface area (Å²) in [6.07, 6.45) is 9.57. The van der Waals surface area contributed by atoms with Crippen molar-refractivity contribution in [1.82, 2.24) is 54.2 Å². The van der Waals surface area contributed by atoms with Crippen LogP contribution in [-0.4, -0.2) is 125 Å². The van der Waals surface area contributed by atoms with Gasteiger partial charge in [0.25, 0.3) is 28.8 Å². The molecule has 0 unspecified atom stereocenters. The van der Waals surface area contributed by atoms with Crippen molar-refractivity contribution in [1.29, 1.82) is 0 Å². The molecule has 2 fully saturated rings. The lowest BCUT2D eigenvalue weighted by Gasteiger charge is -2.27. The molecule has 21 nitrogen and oxygen atoms in total. The van der Waals surface area contributed by atoms with Crippen LogP contribution in [0, 0.1) is 0 Å². The first-order chi connectivity index (χ1) is 39.0. The quantitative estimate of drug-likeness (QED) is 0.0456. The van der Waals surface area contributed by atoms with E-state index < -0.39 is 23.4 Å². The lowest BCUT2D eigenvalue weighted by molar-refractivity contribution is -0.172. The largest absolute Gasteiger partial charge is 0.444 e. The molecule has 4 amide bonds. The molecule has 10 rings (SSSR count). The van der Waals surface area contributed by atoms with Crippen LogP contribution in [-0.2, 0) is 32.3 Å².